The molecule has 0 heterocycles. The highest BCUT2D eigenvalue weighted by Crippen LogP contribution is 2.44. The lowest BCUT2D eigenvalue weighted by Crippen LogP contribution is -2.40. The molecule has 0 aliphatic heterocycles. The van der Waals surface area contributed by atoms with Crippen molar-refractivity contribution >= 4 is 0 Å². The molecule has 17 heavy (non-hydrogen) atoms. The Bertz CT molecular complexity index is 212. The van der Waals surface area contributed by atoms with E-state index in [1.54, 1.807) is 0 Å². The topological polar surface area (TPSA) is 41.5 Å². The van der Waals surface area contributed by atoms with Crippen molar-refractivity contribution in [1.82, 2.24) is 5.32 Å². The molecule has 2 N–H and O–H groups in total. The first-order valence-electron chi connectivity index (χ1n) is 7.16. The first kappa shape index (κ1) is 13.3. The second kappa shape index (κ2) is 6.17. The van der Waals surface area contributed by atoms with Gasteiger partial charge in [0, 0.05) is 19.2 Å². The van der Waals surface area contributed by atoms with Gasteiger partial charge in [-0.25, -0.2) is 0 Å². The Morgan fingerprint density at radius 1 is 1.12 bits per heavy atom. The third kappa shape index (κ3) is 4.94. The zero-order valence-electron chi connectivity index (χ0n) is 11.2. The Balaban J connectivity index is 1.56. The van der Waals surface area contributed by atoms with E-state index in [2.05, 4.69) is 19.2 Å². The summed E-state index contributed by atoms with van der Waals surface area (Å²) in [5, 5.41) is 13.4. The second-order valence-electron chi connectivity index (χ2n) is 6.19. The van der Waals surface area contributed by atoms with E-state index in [1.165, 1.54) is 25.7 Å². The van der Waals surface area contributed by atoms with Crippen LogP contribution in [0.5, 0.6) is 0 Å². The standard InChI is InChI=1S/C14H27NO2/c1-10(2)8-17-9-13(16)7-15-14(11-3-4-11)12-5-6-12/h10-16H,3-9H2,1-2H3. The fourth-order valence-electron chi connectivity index (χ4n) is 2.40. The number of ether oxygens (including phenoxy) is 1. The van der Waals surface area contributed by atoms with Gasteiger partial charge in [-0.2, -0.15) is 0 Å². The molecule has 3 nitrogen and oxygen atoms in total. The van der Waals surface area contributed by atoms with Crippen molar-refractivity contribution in [3.05, 3.63) is 0 Å². The molecule has 2 rings (SSSR count). The van der Waals surface area contributed by atoms with Crippen molar-refractivity contribution in [3.63, 3.8) is 0 Å². The molecule has 2 saturated carbocycles. The Hall–Kier alpha value is -0.120. The summed E-state index contributed by atoms with van der Waals surface area (Å²) in [4.78, 5) is 0. The number of hydrogen-bond donors (Lipinski definition) is 2. The van der Waals surface area contributed by atoms with Crippen molar-refractivity contribution in [2.45, 2.75) is 51.7 Å². The summed E-state index contributed by atoms with van der Waals surface area (Å²) in [6, 6.07) is 0.676. The summed E-state index contributed by atoms with van der Waals surface area (Å²) in [7, 11) is 0. The van der Waals surface area contributed by atoms with Gasteiger partial charge < -0.3 is 15.2 Å². The summed E-state index contributed by atoms with van der Waals surface area (Å²) in [5.41, 5.74) is 0. The molecule has 0 aromatic carbocycles. The van der Waals surface area contributed by atoms with Crippen LogP contribution >= 0.6 is 0 Å². The third-order valence-electron chi connectivity index (χ3n) is 3.61. The molecule has 100 valence electrons. The van der Waals surface area contributed by atoms with Gasteiger partial charge in [-0.3, -0.25) is 0 Å². The van der Waals surface area contributed by atoms with E-state index in [0.717, 1.165) is 18.4 Å². The van der Waals surface area contributed by atoms with E-state index in [-0.39, 0.29) is 6.10 Å². The second-order valence-corrected chi connectivity index (χ2v) is 6.19. The van der Waals surface area contributed by atoms with Crippen molar-refractivity contribution < 1.29 is 9.84 Å². The Labute approximate surface area is 105 Å². The molecular formula is C14H27NO2. The SMILES string of the molecule is CC(C)COCC(O)CNC(C1CC1)C1CC1. The van der Waals surface area contributed by atoms with Crippen molar-refractivity contribution in [1.29, 1.82) is 0 Å². The van der Waals surface area contributed by atoms with Crippen LogP contribution in [0.15, 0.2) is 0 Å². The Kier molecular flexibility index (Phi) is 4.83. The van der Waals surface area contributed by atoms with Crippen molar-refractivity contribution in [3.8, 4) is 0 Å². The van der Waals surface area contributed by atoms with Gasteiger partial charge in [0.2, 0.25) is 0 Å². The number of nitrogens with one attached hydrogen (secondary N) is 1. The summed E-state index contributed by atoms with van der Waals surface area (Å²) < 4.78 is 5.45. The maximum absolute atomic E-state index is 9.83. The zero-order valence-corrected chi connectivity index (χ0v) is 11.2. The van der Waals surface area contributed by atoms with Crippen molar-refractivity contribution in [2.75, 3.05) is 19.8 Å². The molecule has 1 atom stereocenters. The summed E-state index contributed by atoms with van der Waals surface area (Å²) in [6.45, 7) is 6.15. The van der Waals surface area contributed by atoms with Gasteiger partial charge in [-0.1, -0.05) is 13.8 Å². The average molecular weight is 241 g/mol. The third-order valence-corrected chi connectivity index (χ3v) is 3.61. The Morgan fingerprint density at radius 3 is 2.18 bits per heavy atom. The van der Waals surface area contributed by atoms with Crippen LogP contribution in [0, 0.1) is 17.8 Å². The highest BCUT2D eigenvalue weighted by Gasteiger charge is 2.41. The fraction of sp³-hybridized carbons (Fsp3) is 1.00. The predicted molar refractivity (Wildman–Crippen MR) is 68.9 cm³/mol. The van der Waals surface area contributed by atoms with Gasteiger partial charge in [0.15, 0.2) is 0 Å². The van der Waals surface area contributed by atoms with E-state index in [1.807, 2.05) is 0 Å². The molecule has 0 spiro atoms. The number of aliphatic hydroxyl groups excluding tert-OH is 1. The molecule has 2 aliphatic rings. The van der Waals surface area contributed by atoms with E-state index in [4.69, 9.17) is 4.74 Å². The van der Waals surface area contributed by atoms with Gasteiger partial charge in [0.1, 0.15) is 0 Å². The molecule has 1 unspecified atom stereocenters. The summed E-state index contributed by atoms with van der Waals surface area (Å²) >= 11 is 0. The molecule has 0 aromatic rings. The summed E-state index contributed by atoms with van der Waals surface area (Å²) in [5.74, 6) is 2.33. The first-order valence-corrected chi connectivity index (χ1v) is 7.16. The fourth-order valence-corrected chi connectivity index (χ4v) is 2.40. The van der Waals surface area contributed by atoms with Crippen LogP contribution in [0.2, 0.25) is 0 Å². The van der Waals surface area contributed by atoms with Gasteiger partial charge in [0.25, 0.3) is 0 Å². The van der Waals surface area contributed by atoms with E-state index in [9.17, 15) is 5.11 Å². The lowest BCUT2D eigenvalue weighted by molar-refractivity contribution is 0.0243. The van der Waals surface area contributed by atoms with Gasteiger partial charge in [0.05, 0.1) is 12.7 Å². The van der Waals surface area contributed by atoms with E-state index >= 15 is 0 Å². The quantitative estimate of drug-likeness (QED) is 0.647. The Morgan fingerprint density at radius 2 is 1.71 bits per heavy atom. The maximum atomic E-state index is 9.83. The van der Waals surface area contributed by atoms with E-state index < -0.39 is 0 Å². The van der Waals surface area contributed by atoms with Crippen molar-refractivity contribution in [2.24, 2.45) is 17.8 Å². The largest absolute Gasteiger partial charge is 0.389 e. The predicted octanol–water partition coefficient (Wildman–Crippen LogP) is 1.80. The minimum Gasteiger partial charge on any atom is -0.389 e. The highest BCUT2D eigenvalue weighted by atomic mass is 16.5. The molecule has 0 bridgehead atoms. The van der Waals surface area contributed by atoms with Crippen LogP contribution < -0.4 is 5.32 Å². The first-order chi connectivity index (χ1) is 8.16. The van der Waals surface area contributed by atoms with E-state index in [0.29, 0.717) is 25.1 Å². The van der Waals surface area contributed by atoms with Gasteiger partial charge >= 0.3 is 0 Å². The molecule has 0 saturated heterocycles. The lowest BCUT2D eigenvalue weighted by Gasteiger charge is -2.20. The van der Waals surface area contributed by atoms with Gasteiger partial charge in [-0.05, 0) is 43.4 Å². The number of hydrogen-bond acceptors (Lipinski definition) is 3. The molecule has 3 heteroatoms. The molecular weight excluding hydrogens is 214 g/mol. The molecule has 2 aliphatic carbocycles. The smallest absolute Gasteiger partial charge is 0.0897 e. The van der Waals surface area contributed by atoms with Crippen LogP contribution in [-0.4, -0.2) is 37.0 Å². The monoisotopic (exact) mass is 241 g/mol. The molecule has 0 radical (unpaired) electrons. The van der Waals surface area contributed by atoms with Crippen LogP contribution in [0.1, 0.15) is 39.5 Å². The molecule has 2 fully saturated rings. The normalized spacial score (nSPS) is 22.4. The summed E-state index contributed by atoms with van der Waals surface area (Å²) in [6.07, 6.45) is 5.18. The molecule has 0 aromatic heterocycles. The van der Waals surface area contributed by atoms with Gasteiger partial charge in [-0.15, -0.1) is 0 Å². The average Bonchev–Trinajstić information content (AvgIpc) is 3.12. The zero-order chi connectivity index (χ0) is 12.3. The minimum absolute atomic E-state index is 0.353. The molecule has 0 amide bonds. The lowest BCUT2D eigenvalue weighted by atomic mass is 10.1. The number of aliphatic hydroxyl groups is 1. The number of rotatable bonds is 9. The van der Waals surface area contributed by atoms with Crippen LogP contribution in [-0.2, 0) is 4.74 Å². The highest BCUT2D eigenvalue weighted by molar-refractivity contribution is 4.96. The van der Waals surface area contributed by atoms with Crippen LogP contribution in [0.3, 0.4) is 0 Å². The maximum Gasteiger partial charge on any atom is 0.0897 e. The minimum atomic E-state index is -0.353. The van der Waals surface area contributed by atoms with Crippen LogP contribution in [0.25, 0.3) is 0 Å². The van der Waals surface area contributed by atoms with Crippen LogP contribution in [0.4, 0.5) is 0 Å².